The van der Waals surface area contributed by atoms with Crippen LogP contribution in [-0.2, 0) is 19.1 Å². The zero-order chi connectivity index (χ0) is 30.3. The molecule has 0 radical (unpaired) electrons. The maximum Gasteiger partial charge on any atom is 0.410 e. The number of nitrogens with one attached hydrogen (secondary N) is 1. The van der Waals surface area contributed by atoms with Crippen LogP contribution in [0.1, 0.15) is 67.2 Å². The summed E-state index contributed by atoms with van der Waals surface area (Å²) in [5, 5.41) is 11.6. The fraction of sp³-hybridized carbons (Fsp3) is 0.643. The Morgan fingerprint density at radius 2 is 1.38 bits per heavy atom. The second-order valence-corrected chi connectivity index (χ2v) is 12.4. The van der Waals surface area contributed by atoms with Gasteiger partial charge >= 0.3 is 18.2 Å². The second kappa shape index (κ2) is 14.0. The van der Waals surface area contributed by atoms with Crippen molar-refractivity contribution in [2.24, 2.45) is 11.8 Å². The van der Waals surface area contributed by atoms with E-state index < -0.39 is 41.1 Å². The largest absolute Gasteiger partial charge is 0.481 e. The molecular weight excluding hydrogens is 545 g/mol. The zero-order valence-corrected chi connectivity index (χ0v) is 24.8. The van der Waals surface area contributed by atoms with E-state index in [2.05, 4.69) is 5.32 Å². The number of carboxylic acids is 1. The summed E-state index contributed by atoms with van der Waals surface area (Å²) in [5.41, 5.74) is -0.767. The molecule has 12 heteroatoms. The quantitative estimate of drug-likeness (QED) is 0.460. The van der Waals surface area contributed by atoms with Gasteiger partial charge < -0.3 is 29.7 Å². The van der Waals surface area contributed by atoms with Crippen LogP contribution in [0.5, 0.6) is 0 Å². The van der Waals surface area contributed by atoms with Gasteiger partial charge in [0.25, 0.3) is 0 Å². The number of amides is 3. The average Bonchev–Trinajstić information content (AvgIpc) is 2.85. The molecular formula is C28H41ClFN3O7. The van der Waals surface area contributed by atoms with Gasteiger partial charge in [0.05, 0.1) is 16.9 Å². The molecule has 2 atom stereocenters. The van der Waals surface area contributed by atoms with Crippen molar-refractivity contribution < 1.29 is 38.1 Å². The molecule has 2 aliphatic heterocycles. The molecule has 2 N–H and O–H groups in total. The monoisotopic (exact) mass is 585 g/mol. The Bertz CT molecular complexity index is 1070. The van der Waals surface area contributed by atoms with Gasteiger partial charge in [-0.3, -0.25) is 9.59 Å². The number of carboxylic acid groups (broad SMARTS) is 1. The fourth-order valence-electron chi connectivity index (χ4n) is 4.17. The zero-order valence-electron chi connectivity index (χ0n) is 24.1. The molecule has 3 amide bonds. The summed E-state index contributed by atoms with van der Waals surface area (Å²) in [7, 11) is 0. The molecule has 1 aromatic carbocycles. The Hall–Kier alpha value is -3.08. The van der Waals surface area contributed by atoms with Crippen LogP contribution in [0.15, 0.2) is 18.2 Å². The van der Waals surface area contributed by atoms with E-state index in [1.807, 2.05) is 0 Å². The van der Waals surface area contributed by atoms with Crippen molar-refractivity contribution in [3.05, 3.63) is 29.0 Å². The molecule has 224 valence electrons. The van der Waals surface area contributed by atoms with E-state index in [0.29, 0.717) is 38.0 Å². The van der Waals surface area contributed by atoms with Crippen LogP contribution >= 0.6 is 11.6 Å². The first kappa shape index (κ1) is 33.1. The number of carbonyl (C=O) groups excluding carboxylic acids is 3. The topological polar surface area (TPSA) is 125 Å². The predicted octanol–water partition coefficient (Wildman–Crippen LogP) is 5.78. The smallest absolute Gasteiger partial charge is 0.410 e. The van der Waals surface area contributed by atoms with E-state index in [1.165, 1.54) is 23.1 Å². The normalized spacial score (nSPS) is 19.6. The standard InChI is InChI=1S/C17H22ClFN2O3.C11H19NO4/c1-17(2,3)24-16(23)21-8-4-5-11(10-21)15(22)20-12-6-7-13(18)14(19)9-12;1-11(2,3)16-10(15)12-6-4-5-8(7-12)9(13)14/h6-7,9,11H,4-5,8,10H2,1-3H3,(H,20,22);8H,4-7H2,1-3H3,(H,13,14)/t11-;8-/m00/s1. The minimum absolute atomic E-state index is 0.00164. The van der Waals surface area contributed by atoms with Crippen LogP contribution in [0.3, 0.4) is 0 Å². The number of aliphatic carboxylic acids is 1. The molecule has 2 saturated heterocycles. The van der Waals surface area contributed by atoms with Crippen molar-refractivity contribution in [3.8, 4) is 0 Å². The van der Waals surface area contributed by atoms with E-state index in [-0.39, 0.29) is 29.9 Å². The van der Waals surface area contributed by atoms with Crippen LogP contribution in [0.2, 0.25) is 5.02 Å². The van der Waals surface area contributed by atoms with Gasteiger partial charge in [0, 0.05) is 31.9 Å². The van der Waals surface area contributed by atoms with E-state index >= 15 is 0 Å². The average molecular weight is 586 g/mol. The summed E-state index contributed by atoms with van der Waals surface area (Å²) >= 11 is 5.63. The van der Waals surface area contributed by atoms with Crippen LogP contribution in [0.4, 0.5) is 19.7 Å². The number of benzene rings is 1. The lowest BCUT2D eigenvalue weighted by molar-refractivity contribution is -0.143. The summed E-state index contributed by atoms with van der Waals surface area (Å²) in [4.78, 5) is 50.0. The molecule has 2 aliphatic rings. The van der Waals surface area contributed by atoms with E-state index in [0.717, 1.165) is 6.42 Å². The highest BCUT2D eigenvalue weighted by Gasteiger charge is 2.32. The molecule has 40 heavy (non-hydrogen) atoms. The molecule has 0 saturated carbocycles. The fourth-order valence-corrected chi connectivity index (χ4v) is 4.29. The molecule has 3 rings (SSSR count). The number of hydrogen-bond acceptors (Lipinski definition) is 6. The molecule has 0 bridgehead atoms. The minimum atomic E-state index is -0.840. The number of likely N-dealkylation sites (tertiary alicyclic amines) is 2. The maximum atomic E-state index is 13.4. The predicted molar refractivity (Wildman–Crippen MR) is 149 cm³/mol. The highest BCUT2D eigenvalue weighted by molar-refractivity contribution is 6.30. The molecule has 0 spiro atoms. The van der Waals surface area contributed by atoms with Gasteiger partial charge in [0.2, 0.25) is 5.91 Å². The number of rotatable bonds is 3. The summed E-state index contributed by atoms with van der Waals surface area (Å²) in [6.45, 7) is 12.5. The van der Waals surface area contributed by atoms with Gasteiger partial charge in [-0.25, -0.2) is 14.0 Å². The summed E-state index contributed by atoms with van der Waals surface area (Å²) in [6, 6.07) is 4.10. The van der Waals surface area contributed by atoms with Crippen LogP contribution in [-0.4, -0.2) is 76.4 Å². The molecule has 0 aromatic heterocycles. The van der Waals surface area contributed by atoms with E-state index in [9.17, 15) is 23.6 Å². The third-order valence-electron chi connectivity index (χ3n) is 6.05. The molecule has 1 aromatic rings. The lowest BCUT2D eigenvalue weighted by Gasteiger charge is -2.33. The Kier molecular flexibility index (Phi) is 11.6. The third kappa shape index (κ3) is 11.2. The number of carbonyl (C=O) groups is 4. The Balaban J connectivity index is 0.000000305. The van der Waals surface area contributed by atoms with Gasteiger partial charge in [0.15, 0.2) is 0 Å². The Morgan fingerprint density at radius 3 is 1.82 bits per heavy atom. The number of halogens is 2. The summed E-state index contributed by atoms with van der Waals surface area (Å²) in [5.74, 6) is -2.49. The molecule has 10 nitrogen and oxygen atoms in total. The molecule has 0 aliphatic carbocycles. The van der Waals surface area contributed by atoms with E-state index in [4.69, 9.17) is 26.2 Å². The lowest BCUT2D eigenvalue weighted by Crippen LogP contribution is -2.45. The van der Waals surface area contributed by atoms with Crippen LogP contribution in [0, 0.1) is 17.7 Å². The van der Waals surface area contributed by atoms with Gasteiger partial charge in [-0.15, -0.1) is 0 Å². The van der Waals surface area contributed by atoms with Crippen LogP contribution < -0.4 is 5.32 Å². The molecule has 0 unspecified atom stereocenters. The summed E-state index contributed by atoms with van der Waals surface area (Å²) < 4.78 is 24.0. The number of ether oxygens (including phenoxy) is 2. The van der Waals surface area contributed by atoms with Crippen LogP contribution in [0.25, 0.3) is 0 Å². The first-order valence-corrected chi connectivity index (χ1v) is 13.8. The first-order valence-electron chi connectivity index (χ1n) is 13.4. The van der Waals surface area contributed by atoms with E-state index in [1.54, 1.807) is 46.4 Å². The molecule has 2 fully saturated rings. The van der Waals surface area contributed by atoms with Gasteiger partial charge in [-0.05, 0) is 85.4 Å². The van der Waals surface area contributed by atoms with Crippen molar-refractivity contribution in [2.75, 3.05) is 31.5 Å². The van der Waals surface area contributed by atoms with Crippen molar-refractivity contribution in [1.29, 1.82) is 0 Å². The lowest BCUT2D eigenvalue weighted by atomic mass is 9.97. The second-order valence-electron chi connectivity index (χ2n) is 12.0. The maximum absolute atomic E-state index is 13.4. The third-order valence-corrected chi connectivity index (χ3v) is 6.36. The van der Waals surface area contributed by atoms with Crippen molar-refractivity contribution in [2.45, 2.75) is 78.4 Å². The SMILES string of the molecule is CC(C)(C)OC(=O)N1CCC[C@H](C(=O)Nc2ccc(Cl)c(F)c2)C1.CC(C)(C)OC(=O)N1CCC[C@H](C(=O)O)C1. The number of nitrogens with zero attached hydrogens (tertiary/aromatic N) is 2. The van der Waals surface area contributed by atoms with Gasteiger partial charge in [-0.1, -0.05) is 11.6 Å². The highest BCUT2D eigenvalue weighted by atomic mass is 35.5. The highest BCUT2D eigenvalue weighted by Crippen LogP contribution is 2.23. The number of hydrogen-bond donors (Lipinski definition) is 2. The molecule has 2 heterocycles. The van der Waals surface area contributed by atoms with Crippen molar-refractivity contribution in [1.82, 2.24) is 9.80 Å². The van der Waals surface area contributed by atoms with Crippen molar-refractivity contribution >= 4 is 41.4 Å². The van der Waals surface area contributed by atoms with Gasteiger partial charge in [-0.2, -0.15) is 0 Å². The van der Waals surface area contributed by atoms with Crippen molar-refractivity contribution in [3.63, 3.8) is 0 Å². The van der Waals surface area contributed by atoms with Gasteiger partial charge in [0.1, 0.15) is 17.0 Å². The minimum Gasteiger partial charge on any atom is -0.481 e. The Morgan fingerprint density at radius 1 is 0.900 bits per heavy atom. The number of piperidine rings is 2. The first-order chi connectivity index (χ1) is 18.4. The Labute approximate surface area is 240 Å². The number of anilines is 1. The summed E-state index contributed by atoms with van der Waals surface area (Å²) in [6.07, 6.45) is 1.90.